The van der Waals surface area contributed by atoms with Gasteiger partial charge in [-0.15, -0.1) is 11.3 Å². The summed E-state index contributed by atoms with van der Waals surface area (Å²) in [4.78, 5) is 14.4. The average Bonchev–Trinajstić information content (AvgIpc) is 3.52. The molecule has 31 heavy (non-hydrogen) atoms. The van der Waals surface area contributed by atoms with Crippen LogP contribution in [0.4, 0.5) is 0 Å². The molecule has 5 aromatic rings. The molecule has 3 aromatic heterocycles. The van der Waals surface area contributed by atoms with Crippen molar-refractivity contribution in [1.82, 2.24) is 24.9 Å². The molecule has 0 saturated carbocycles. The molecule has 0 bridgehead atoms. The Morgan fingerprint density at radius 1 is 0.968 bits per heavy atom. The largest absolute Gasteiger partial charge is 0.351 e. The van der Waals surface area contributed by atoms with Gasteiger partial charge in [0.25, 0.3) is 5.91 Å². The number of nitrogens with one attached hydrogen (secondary N) is 1. The number of hydrogen-bond donors (Lipinski definition) is 1. The predicted octanol–water partition coefficient (Wildman–Crippen LogP) is 4.55. The second kappa shape index (κ2) is 8.20. The number of aryl methyl sites for hydroxylation is 1. The molecule has 0 radical (unpaired) electrons. The molecule has 154 valence electrons. The van der Waals surface area contributed by atoms with Crippen LogP contribution in [0.5, 0.6) is 0 Å². The van der Waals surface area contributed by atoms with E-state index < -0.39 is 0 Å². The van der Waals surface area contributed by atoms with Crippen LogP contribution in [0.2, 0.25) is 0 Å². The van der Waals surface area contributed by atoms with Gasteiger partial charge >= 0.3 is 0 Å². The second-order valence-electron chi connectivity index (χ2n) is 7.26. The van der Waals surface area contributed by atoms with E-state index in [-0.39, 0.29) is 5.91 Å². The van der Waals surface area contributed by atoms with Gasteiger partial charge in [0.1, 0.15) is 4.83 Å². The van der Waals surface area contributed by atoms with Crippen LogP contribution in [-0.4, -0.2) is 32.0 Å². The van der Waals surface area contributed by atoms with Crippen molar-refractivity contribution in [1.29, 1.82) is 0 Å². The summed E-state index contributed by atoms with van der Waals surface area (Å²) in [5, 5.41) is 13.3. The van der Waals surface area contributed by atoms with E-state index in [4.69, 9.17) is 0 Å². The number of hydrogen-bond acceptors (Lipinski definition) is 4. The van der Waals surface area contributed by atoms with Crippen molar-refractivity contribution < 1.29 is 4.79 Å². The van der Waals surface area contributed by atoms with Gasteiger partial charge in [0, 0.05) is 24.5 Å². The van der Waals surface area contributed by atoms with Crippen molar-refractivity contribution in [2.45, 2.75) is 13.3 Å². The van der Waals surface area contributed by atoms with E-state index in [0.29, 0.717) is 17.8 Å². The van der Waals surface area contributed by atoms with Crippen molar-refractivity contribution in [3.8, 4) is 11.4 Å². The van der Waals surface area contributed by atoms with Crippen LogP contribution in [0.3, 0.4) is 0 Å². The Bertz CT molecular complexity index is 1330. The van der Waals surface area contributed by atoms with Crippen molar-refractivity contribution >= 4 is 27.5 Å². The Morgan fingerprint density at radius 3 is 2.42 bits per heavy atom. The molecule has 7 heteroatoms. The Kier molecular flexibility index (Phi) is 5.09. The first-order valence-electron chi connectivity index (χ1n) is 10.1. The van der Waals surface area contributed by atoms with E-state index in [0.717, 1.165) is 33.0 Å². The molecule has 5 rings (SSSR count). The summed E-state index contributed by atoms with van der Waals surface area (Å²) < 4.78 is 3.75. The fraction of sp³-hybridized carbons (Fsp3) is 0.125. The van der Waals surface area contributed by atoms with Crippen LogP contribution < -0.4 is 5.32 Å². The van der Waals surface area contributed by atoms with Crippen LogP contribution in [-0.2, 0) is 6.42 Å². The predicted molar refractivity (Wildman–Crippen MR) is 123 cm³/mol. The lowest BCUT2D eigenvalue weighted by Gasteiger charge is -2.03. The van der Waals surface area contributed by atoms with Crippen molar-refractivity contribution in [2.24, 2.45) is 0 Å². The standard InChI is InChI=1S/C24H21N5OS/c1-17-21-16-22(31-24(21)29(26-17)20-10-6-3-7-11-20)23(30)25-14-12-18-13-15-28(27-18)19-8-4-2-5-9-19/h2-11,13,15-16H,12,14H2,1H3,(H,25,30). The van der Waals surface area contributed by atoms with E-state index in [1.807, 2.05) is 95.3 Å². The number of carbonyl (C=O) groups excluding carboxylic acids is 1. The molecule has 0 spiro atoms. The maximum atomic E-state index is 12.7. The quantitative estimate of drug-likeness (QED) is 0.432. The number of nitrogens with zero attached hydrogens (tertiary/aromatic N) is 4. The summed E-state index contributed by atoms with van der Waals surface area (Å²) in [6, 6.07) is 23.9. The zero-order valence-corrected chi connectivity index (χ0v) is 17.8. The maximum Gasteiger partial charge on any atom is 0.261 e. The number of thiophene rings is 1. The first-order chi connectivity index (χ1) is 15.2. The highest BCUT2D eigenvalue weighted by Crippen LogP contribution is 2.30. The molecular weight excluding hydrogens is 406 g/mol. The molecule has 3 heterocycles. The van der Waals surface area contributed by atoms with Gasteiger partial charge in [-0.25, -0.2) is 9.36 Å². The highest BCUT2D eigenvalue weighted by molar-refractivity contribution is 7.20. The minimum Gasteiger partial charge on any atom is -0.351 e. The van der Waals surface area contributed by atoms with Crippen LogP contribution in [0.15, 0.2) is 79.0 Å². The maximum absolute atomic E-state index is 12.7. The van der Waals surface area contributed by atoms with Crippen LogP contribution in [0, 0.1) is 6.92 Å². The van der Waals surface area contributed by atoms with Crippen molar-refractivity contribution in [3.05, 3.63) is 95.3 Å². The summed E-state index contributed by atoms with van der Waals surface area (Å²) in [7, 11) is 0. The smallest absolute Gasteiger partial charge is 0.261 e. The molecule has 1 amide bonds. The van der Waals surface area contributed by atoms with Crippen molar-refractivity contribution in [2.75, 3.05) is 6.54 Å². The van der Waals surface area contributed by atoms with Crippen molar-refractivity contribution in [3.63, 3.8) is 0 Å². The van der Waals surface area contributed by atoms with Crippen LogP contribution in [0.25, 0.3) is 21.6 Å². The Balaban J connectivity index is 1.26. The topological polar surface area (TPSA) is 64.7 Å². The number of fused-ring (bicyclic) bond motifs is 1. The number of aromatic nitrogens is 4. The van der Waals surface area contributed by atoms with Gasteiger partial charge in [-0.1, -0.05) is 36.4 Å². The highest BCUT2D eigenvalue weighted by atomic mass is 32.1. The Morgan fingerprint density at radius 2 is 1.68 bits per heavy atom. The third-order valence-electron chi connectivity index (χ3n) is 5.10. The van der Waals surface area contributed by atoms with E-state index in [1.54, 1.807) is 0 Å². The van der Waals surface area contributed by atoms with Gasteiger partial charge in [0.05, 0.1) is 27.6 Å². The lowest BCUT2D eigenvalue weighted by molar-refractivity contribution is 0.0958. The fourth-order valence-corrected chi connectivity index (χ4v) is 4.61. The Hall–Kier alpha value is -3.71. The van der Waals surface area contributed by atoms with Gasteiger partial charge in [0.15, 0.2) is 0 Å². The van der Waals surface area contributed by atoms with Crippen LogP contribution >= 0.6 is 11.3 Å². The zero-order valence-electron chi connectivity index (χ0n) is 17.0. The number of para-hydroxylation sites is 2. The minimum atomic E-state index is -0.0669. The molecule has 0 unspecified atom stereocenters. The Labute approximate surface area is 183 Å². The van der Waals surface area contributed by atoms with E-state index in [1.165, 1.54) is 11.3 Å². The lowest BCUT2D eigenvalue weighted by atomic mass is 10.3. The third kappa shape index (κ3) is 3.87. The second-order valence-corrected chi connectivity index (χ2v) is 8.29. The van der Waals surface area contributed by atoms with Crippen LogP contribution in [0.1, 0.15) is 21.1 Å². The van der Waals surface area contributed by atoms with Gasteiger partial charge in [-0.3, -0.25) is 4.79 Å². The molecule has 6 nitrogen and oxygen atoms in total. The molecule has 0 fully saturated rings. The molecule has 0 atom stereocenters. The summed E-state index contributed by atoms with van der Waals surface area (Å²) >= 11 is 1.46. The summed E-state index contributed by atoms with van der Waals surface area (Å²) in [5.74, 6) is -0.0669. The highest BCUT2D eigenvalue weighted by Gasteiger charge is 2.17. The molecule has 0 aliphatic carbocycles. The first-order valence-corrected chi connectivity index (χ1v) is 10.9. The summed E-state index contributed by atoms with van der Waals surface area (Å²) in [6.45, 7) is 2.50. The monoisotopic (exact) mass is 427 g/mol. The SMILES string of the molecule is Cc1nn(-c2ccccc2)c2sc(C(=O)NCCc3ccn(-c4ccccc4)n3)cc12. The molecule has 0 aliphatic heterocycles. The van der Waals surface area contributed by atoms with E-state index >= 15 is 0 Å². The molecule has 0 aliphatic rings. The van der Waals surface area contributed by atoms with E-state index in [9.17, 15) is 4.79 Å². The first kappa shape index (κ1) is 19.3. The zero-order chi connectivity index (χ0) is 21.2. The molecule has 2 aromatic carbocycles. The minimum absolute atomic E-state index is 0.0669. The van der Waals surface area contributed by atoms with Gasteiger partial charge in [0.2, 0.25) is 0 Å². The molecule has 1 N–H and O–H groups in total. The van der Waals surface area contributed by atoms with Gasteiger partial charge in [-0.2, -0.15) is 10.2 Å². The number of rotatable bonds is 6. The number of carbonyl (C=O) groups is 1. The average molecular weight is 428 g/mol. The van der Waals surface area contributed by atoms with Gasteiger partial charge < -0.3 is 5.32 Å². The van der Waals surface area contributed by atoms with E-state index in [2.05, 4.69) is 15.5 Å². The normalized spacial score (nSPS) is 11.1. The third-order valence-corrected chi connectivity index (χ3v) is 6.21. The number of benzene rings is 2. The number of amides is 1. The summed E-state index contributed by atoms with van der Waals surface area (Å²) in [5.41, 5.74) is 3.87. The molecular formula is C24H21N5OS. The fourth-order valence-electron chi connectivity index (χ4n) is 3.51. The lowest BCUT2D eigenvalue weighted by Crippen LogP contribution is -2.25. The van der Waals surface area contributed by atoms with Gasteiger partial charge in [-0.05, 0) is 43.3 Å². The summed E-state index contributed by atoms with van der Waals surface area (Å²) in [6.07, 6.45) is 2.61. The molecule has 0 saturated heterocycles.